The molecule has 1 aliphatic heterocycles. The highest BCUT2D eigenvalue weighted by Crippen LogP contribution is 2.39. The van der Waals surface area contributed by atoms with Crippen LogP contribution in [0, 0.1) is 0 Å². The van der Waals surface area contributed by atoms with Gasteiger partial charge in [-0.05, 0) is 42.0 Å². The topological polar surface area (TPSA) is 93.1 Å². The Kier molecular flexibility index (Phi) is 7.33. The molecular formula is C23H26ClN3O4. The first-order valence-corrected chi connectivity index (χ1v) is 10.4. The molecule has 1 amide bonds. The van der Waals surface area contributed by atoms with Gasteiger partial charge in [0.2, 0.25) is 0 Å². The van der Waals surface area contributed by atoms with E-state index in [2.05, 4.69) is 5.32 Å². The van der Waals surface area contributed by atoms with Crippen LogP contribution < -0.4 is 10.2 Å². The van der Waals surface area contributed by atoms with Crippen LogP contribution in [0.4, 0.5) is 5.69 Å². The zero-order valence-corrected chi connectivity index (χ0v) is 18.3. The van der Waals surface area contributed by atoms with Gasteiger partial charge in [-0.15, -0.1) is 0 Å². The van der Waals surface area contributed by atoms with Crippen molar-refractivity contribution in [2.75, 3.05) is 45.2 Å². The van der Waals surface area contributed by atoms with Crippen molar-refractivity contribution in [1.82, 2.24) is 10.2 Å². The molecule has 1 atom stereocenters. The summed E-state index contributed by atoms with van der Waals surface area (Å²) in [5.41, 5.74) is 2.16. The first kappa shape index (κ1) is 22.8. The molecule has 0 radical (unpaired) electrons. The van der Waals surface area contributed by atoms with E-state index in [1.807, 2.05) is 43.3 Å². The Balaban J connectivity index is 2.06. The predicted molar refractivity (Wildman–Crippen MR) is 121 cm³/mol. The van der Waals surface area contributed by atoms with Gasteiger partial charge in [-0.1, -0.05) is 23.7 Å². The van der Waals surface area contributed by atoms with Crippen LogP contribution in [0.2, 0.25) is 5.02 Å². The van der Waals surface area contributed by atoms with Crippen molar-refractivity contribution in [3.8, 4) is 0 Å². The highest BCUT2D eigenvalue weighted by atomic mass is 35.5. The Morgan fingerprint density at radius 2 is 1.71 bits per heavy atom. The van der Waals surface area contributed by atoms with Crippen LogP contribution in [0.25, 0.3) is 5.76 Å². The van der Waals surface area contributed by atoms with Gasteiger partial charge in [0.15, 0.2) is 0 Å². The molecule has 1 unspecified atom stereocenters. The molecule has 0 aromatic heterocycles. The minimum absolute atomic E-state index is 0.0230. The Bertz CT molecular complexity index is 971. The lowest BCUT2D eigenvalue weighted by molar-refractivity contribution is -0.139. The van der Waals surface area contributed by atoms with E-state index in [0.29, 0.717) is 23.7 Å². The fourth-order valence-corrected chi connectivity index (χ4v) is 3.70. The number of aliphatic hydroxyl groups excluding tert-OH is 2. The summed E-state index contributed by atoms with van der Waals surface area (Å²) in [6, 6.07) is 13.3. The van der Waals surface area contributed by atoms with Crippen LogP contribution in [0.5, 0.6) is 0 Å². The van der Waals surface area contributed by atoms with Crippen LogP contribution in [0.3, 0.4) is 0 Å². The number of benzene rings is 2. The van der Waals surface area contributed by atoms with E-state index in [4.69, 9.17) is 16.7 Å². The average molecular weight is 444 g/mol. The number of carbonyl (C=O) groups excluding carboxylic acids is 2. The van der Waals surface area contributed by atoms with Crippen LogP contribution in [0.1, 0.15) is 17.2 Å². The van der Waals surface area contributed by atoms with Crippen LogP contribution in [-0.4, -0.2) is 67.1 Å². The number of Topliss-reactive ketones (excluding diaryl/α,β-unsaturated/α-hetero) is 1. The summed E-state index contributed by atoms with van der Waals surface area (Å²) in [6.45, 7) is 1.02. The summed E-state index contributed by atoms with van der Waals surface area (Å²) in [6.07, 6.45) is 0. The number of likely N-dealkylation sites (tertiary alicyclic amines) is 1. The Labute approximate surface area is 186 Å². The molecule has 2 aromatic rings. The van der Waals surface area contributed by atoms with Crippen molar-refractivity contribution in [2.24, 2.45) is 0 Å². The van der Waals surface area contributed by atoms with E-state index in [9.17, 15) is 14.7 Å². The molecule has 7 nitrogen and oxygen atoms in total. The molecule has 3 N–H and O–H groups in total. The van der Waals surface area contributed by atoms with Gasteiger partial charge in [-0.25, -0.2) is 0 Å². The SMILES string of the molecule is CN(C)c1ccc(C2C(=C(O)c3ccc(Cl)cc3)C(=O)C(=O)N2CCNCCO)cc1. The van der Waals surface area contributed by atoms with E-state index < -0.39 is 17.7 Å². The summed E-state index contributed by atoms with van der Waals surface area (Å²) in [7, 11) is 3.85. The standard InChI is InChI=1S/C23H26ClN3O4/c1-26(2)18-9-5-15(6-10-18)20-19(21(29)16-3-7-17(24)8-4-16)22(30)23(31)27(20)13-11-25-12-14-28/h3-10,20,25,28-29H,11-14H2,1-2H3. The molecule has 31 heavy (non-hydrogen) atoms. The third-order valence-corrected chi connectivity index (χ3v) is 5.45. The number of nitrogens with zero attached hydrogens (tertiary/aromatic N) is 2. The van der Waals surface area contributed by atoms with Crippen molar-refractivity contribution in [3.05, 3.63) is 70.3 Å². The first-order chi connectivity index (χ1) is 14.8. The van der Waals surface area contributed by atoms with Gasteiger partial charge in [0.1, 0.15) is 5.76 Å². The monoisotopic (exact) mass is 443 g/mol. The van der Waals surface area contributed by atoms with Crippen molar-refractivity contribution < 1.29 is 19.8 Å². The molecule has 0 saturated carbocycles. The molecule has 0 spiro atoms. The molecule has 1 aliphatic rings. The van der Waals surface area contributed by atoms with E-state index >= 15 is 0 Å². The summed E-state index contributed by atoms with van der Waals surface area (Å²) in [5.74, 6) is -1.62. The summed E-state index contributed by atoms with van der Waals surface area (Å²) < 4.78 is 0. The Morgan fingerprint density at radius 1 is 1.06 bits per heavy atom. The predicted octanol–water partition coefficient (Wildman–Crippen LogP) is 2.41. The van der Waals surface area contributed by atoms with E-state index in [1.165, 1.54) is 4.90 Å². The maximum atomic E-state index is 12.9. The van der Waals surface area contributed by atoms with E-state index in [1.54, 1.807) is 24.3 Å². The van der Waals surface area contributed by atoms with Crippen molar-refractivity contribution in [1.29, 1.82) is 0 Å². The number of rotatable bonds is 8. The lowest BCUT2D eigenvalue weighted by Crippen LogP contribution is -2.36. The van der Waals surface area contributed by atoms with Crippen molar-refractivity contribution in [2.45, 2.75) is 6.04 Å². The fourth-order valence-electron chi connectivity index (χ4n) is 3.58. The molecule has 3 rings (SSSR count). The summed E-state index contributed by atoms with van der Waals surface area (Å²) >= 11 is 5.94. The Morgan fingerprint density at radius 3 is 2.29 bits per heavy atom. The van der Waals surface area contributed by atoms with E-state index in [0.717, 1.165) is 11.3 Å². The van der Waals surface area contributed by atoms with Gasteiger partial charge < -0.3 is 25.3 Å². The molecule has 1 saturated heterocycles. The van der Waals surface area contributed by atoms with Crippen LogP contribution in [0.15, 0.2) is 54.1 Å². The second kappa shape index (κ2) is 9.96. The maximum absolute atomic E-state index is 12.9. The smallest absolute Gasteiger partial charge is 0.295 e. The zero-order valence-electron chi connectivity index (χ0n) is 17.5. The molecule has 1 heterocycles. The van der Waals surface area contributed by atoms with Gasteiger partial charge in [-0.2, -0.15) is 0 Å². The summed E-state index contributed by atoms with van der Waals surface area (Å²) in [4.78, 5) is 29.2. The number of hydrogen-bond donors (Lipinski definition) is 3. The average Bonchev–Trinajstić information content (AvgIpc) is 3.01. The van der Waals surface area contributed by atoms with Crippen molar-refractivity contribution >= 4 is 34.7 Å². The normalized spacial score (nSPS) is 17.9. The fraction of sp³-hybridized carbons (Fsp3) is 0.304. The molecular weight excluding hydrogens is 418 g/mol. The first-order valence-electron chi connectivity index (χ1n) is 9.98. The highest BCUT2D eigenvalue weighted by molar-refractivity contribution is 6.46. The number of halogens is 1. The zero-order chi connectivity index (χ0) is 22.5. The number of hydrogen-bond acceptors (Lipinski definition) is 6. The van der Waals surface area contributed by atoms with Crippen LogP contribution in [-0.2, 0) is 9.59 Å². The third kappa shape index (κ3) is 4.90. The second-order valence-electron chi connectivity index (χ2n) is 7.46. The van der Waals surface area contributed by atoms with Gasteiger partial charge in [0.05, 0.1) is 18.2 Å². The third-order valence-electron chi connectivity index (χ3n) is 5.20. The number of ketones is 1. The molecule has 0 bridgehead atoms. The highest BCUT2D eigenvalue weighted by Gasteiger charge is 2.45. The van der Waals surface area contributed by atoms with Gasteiger partial charge in [-0.3, -0.25) is 9.59 Å². The van der Waals surface area contributed by atoms with Crippen LogP contribution >= 0.6 is 11.6 Å². The lowest BCUT2D eigenvalue weighted by atomic mass is 9.95. The number of anilines is 1. The molecule has 1 fully saturated rings. The summed E-state index contributed by atoms with van der Waals surface area (Å²) in [5, 5.41) is 23.5. The molecule has 164 valence electrons. The second-order valence-corrected chi connectivity index (χ2v) is 7.90. The number of carbonyl (C=O) groups is 2. The molecule has 0 aliphatic carbocycles. The van der Waals surface area contributed by atoms with Gasteiger partial charge in [0, 0.05) is 50.0 Å². The maximum Gasteiger partial charge on any atom is 0.295 e. The van der Waals surface area contributed by atoms with Gasteiger partial charge >= 0.3 is 0 Å². The quantitative estimate of drug-likeness (QED) is 0.251. The largest absolute Gasteiger partial charge is 0.507 e. The minimum Gasteiger partial charge on any atom is -0.507 e. The Hall–Kier alpha value is -2.87. The number of aliphatic hydroxyl groups is 2. The van der Waals surface area contributed by atoms with Gasteiger partial charge in [0.25, 0.3) is 11.7 Å². The van der Waals surface area contributed by atoms with Crippen molar-refractivity contribution in [3.63, 3.8) is 0 Å². The number of nitrogens with one attached hydrogen (secondary N) is 1. The minimum atomic E-state index is -0.726. The lowest BCUT2D eigenvalue weighted by Gasteiger charge is -2.26. The number of amides is 1. The molecule has 2 aromatic carbocycles. The molecule has 8 heteroatoms. The van der Waals surface area contributed by atoms with E-state index in [-0.39, 0.29) is 24.5 Å².